The fourth-order valence-electron chi connectivity index (χ4n) is 3.19. The Bertz CT molecular complexity index is 1140. The fraction of sp³-hybridized carbons (Fsp3) is 0.417. The Morgan fingerprint density at radius 2 is 1.94 bits per heavy atom. The number of hydrogen-bond acceptors (Lipinski definition) is 7. The van der Waals surface area contributed by atoms with E-state index in [1.807, 2.05) is 12.1 Å². The molecule has 3 rings (SSSR count). The summed E-state index contributed by atoms with van der Waals surface area (Å²) in [5.74, 6) is -0.406. The molecule has 2 aromatic carbocycles. The molecule has 0 saturated carbocycles. The van der Waals surface area contributed by atoms with E-state index in [-0.39, 0.29) is 30.0 Å². The first-order valence-electron chi connectivity index (χ1n) is 10.6. The van der Waals surface area contributed by atoms with Crippen LogP contribution in [0.2, 0.25) is 0 Å². The molecular formula is C24H27FO6S. The first-order valence-corrected chi connectivity index (χ1v) is 11.4. The molecule has 6 nitrogen and oxygen atoms in total. The summed E-state index contributed by atoms with van der Waals surface area (Å²) in [7, 11) is 0. The van der Waals surface area contributed by atoms with Crippen LogP contribution in [0.15, 0.2) is 35.1 Å². The maximum atomic E-state index is 14.8. The van der Waals surface area contributed by atoms with Crippen LogP contribution in [0.4, 0.5) is 4.39 Å². The third kappa shape index (κ3) is 5.82. The van der Waals surface area contributed by atoms with E-state index in [4.69, 9.17) is 14.2 Å². The second-order valence-corrected chi connectivity index (χ2v) is 8.51. The van der Waals surface area contributed by atoms with Crippen LogP contribution in [-0.2, 0) is 14.3 Å². The average Bonchev–Trinajstić information content (AvgIpc) is 2.79. The first kappa shape index (κ1) is 24.1. The summed E-state index contributed by atoms with van der Waals surface area (Å²) in [5, 5.41) is 10.7. The minimum absolute atomic E-state index is 0.0122. The van der Waals surface area contributed by atoms with Gasteiger partial charge in [0, 0.05) is 23.1 Å². The van der Waals surface area contributed by atoms with Gasteiger partial charge in [-0.25, -0.2) is 4.39 Å². The van der Waals surface area contributed by atoms with E-state index in [0.717, 1.165) is 4.70 Å². The summed E-state index contributed by atoms with van der Waals surface area (Å²) in [6.07, 6.45) is 0.864. The number of aliphatic hydroxyl groups is 1. The van der Waals surface area contributed by atoms with Crippen LogP contribution in [0.5, 0.6) is 5.75 Å². The third-order valence-corrected chi connectivity index (χ3v) is 6.10. The highest BCUT2D eigenvalue weighted by molar-refractivity contribution is 7.24. The summed E-state index contributed by atoms with van der Waals surface area (Å²) < 4.78 is 32.1. The van der Waals surface area contributed by atoms with Crippen LogP contribution in [0, 0.1) is 12.7 Å². The minimum atomic E-state index is -0.884. The molecule has 0 aliphatic heterocycles. The summed E-state index contributed by atoms with van der Waals surface area (Å²) in [4.78, 5) is 23.9. The zero-order valence-electron chi connectivity index (χ0n) is 18.2. The van der Waals surface area contributed by atoms with Crippen LogP contribution in [0.3, 0.4) is 0 Å². The quantitative estimate of drug-likeness (QED) is 0.259. The van der Waals surface area contributed by atoms with Crippen molar-refractivity contribution in [2.24, 2.45) is 0 Å². The number of hydrogen-bond donors (Lipinski definition) is 1. The normalized spacial score (nSPS) is 12.2. The molecule has 1 heterocycles. The van der Waals surface area contributed by atoms with Gasteiger partial charge in [0.15, 0.2) is 5.43 Å². The molecule has 0 amide bonds. The van der Waals surface area contributed by atoms with E-state index in [2.05, 4.69) is 0 Å². The van der Waals surface area contributed by atoms with Gasteiger partial charge < -0.3 is 19.3 Å². The number of halogens is 1. The molecule has 0 bridgehead atoms. The molecule has 1 unspecified atom stereocenters. The predicted molar refractivity (Wildman–Crippen MR) is 123 cm³/mol. The van der Waals surface area contributed by atoms with Crippen molar-refractivity contribution in [1.29, 1.82) is 0 Å². The number of unbranched alkanes of at least 4 members (excludes halogenated alkanes) is 1. The molecule has 0 fully saturated rings. The smallest absolute Gasteiger partial charge is 0.305 e. The lowest BCUT2D eigenvalue weighted by Crippen LogP contribution is -2.24. The molecule has 0 radical (unpaired) electrons. The molecule has 0 aliphatic rings. The van der Waals surface area contributed by atoms with Gasteiger partial charge in [-0.2, -0.15) is 0 Å². The molecular weight excluding hydrogens is 435 g/mol. The molecule has 3 aromatic rings. The van der Waals surface area contributed by atoms with Gasteiger partial charge in [-0.15, -0.1) is 11.3 Å². The van der Waals surface area contributed by atoms with Crippen LogP contribution in [0.1, 0.15) is 31.7 Å². The van der Waals surface area contributed by atoms with Crippen LogP contribution in [-0.4, -0.2) is 43.6 Å². The summed E-state index contributed by atoms with van der Waals surface area (Å²) in [6, 6.07) is 8.62. The number of benzene rings is 2. The average molecular weight is 463 g/mol. The lowest BCUT2D eigenvalue weighted by Gasteiger charge is -2.15. The molecule has 1 aromatic heterocycles. The topological polar surface area (TPSA) is 82.1 Å². The van der Waals surface area contributed by atoms with Gasteiger partial charge in [-0.1, -0.05) is 19.1 Å². The summed E-state index contributed by atoms with van der Waals surface area (Å²) >= 11 is 1.29. The zero-order chi connectivity index (χ0) is 23.1. The molecule has 1 atom stereocenters. The van der Waals surface area contributed by atoms with E-state index in [0.29, 0.717) is 53.9 Å². The monoisotopic (exact) mass is 462 g/mol. The number of fused-ring (bicyclic) bond motifs is 2. The molecule has 32 heavy (non-hydrogen) atoms. The van der Waals surface area contributed by atoms with Gasteiger partial charge in [0.05, 0.1) is 23.3 Å². The van der Waals surface area contributed by atoms with Gasteiger partial charge in [-0.05, 0) is 43.5 Å². The number of carbonyl (C=O) groups is 1. The summed E-state index contributed by atoms with van der Waals surface area (Å²) in [6.45, 7) is 4.13. The zero-order valence-corrected chi connectivity index (χ0v) is 19.0. The van der Waals surface area contributed by atoms with E-state index in [1.165, 1.54) is 11.3 Å². The van der Waals surface area contributed by atoms with Crippen molar-refractivity contribution in [3.63, 3.8) is 0 Å². The van der Waals surface area contributed by atoms with Crippen molar-refractivity contribution < 1.29 is 28.5 Å². The highest BCUT2D eigenvalue weighted by Gasteiger charge is 2.18. The SMILES string of the molecule is CCC(=O)OCCCCOCC(O)COc1cc(C)c(F)c2c(=O)c3ccccc3sc12. The minimum Gasteiger partial charge on any atom is -0.489 e. The number of esters is 1. The number of ether oxygens (including phenoxy) is 3. The van der Waals surface area contributed by atoms with Crippen LogP contribution < -0.4 is 10.2 Å². The van der Waals surface area contributed by atoms with Crippen molar-refractivity contribution in [2.45, 2.75) is 39.2 Å². The Morgan fingerprint density at radius 1 is 1.19 bits per heavy atom. The van der Waals surface area contributed by atoms with Gasteiger partial charge in [0.2, 0.25) is 0 Å². The number of carbonyl (C=O) groups excluding carboxylic acids is 1. The van der Waals surface area contributed by atoms with Gasteiger partial charge in [-0.3, -0.25) is 9.59 Å². The second-order valence-electron chi connectivity index (χ2n) is 7.46. The molecule has 172 valence electrons. The number of rotatable bonds is 11. The Morgan fingerprint density at radius 3 is 2.72 bits per heavy atom. The van der Waals surface area contributed by atoms with E-state index < -0.39 is 11.9 Å². The van der Waals surface area contributed by atoms with Gasteiger partial charge in [0.1, 0.15) is 24.3 Å². The highest BCUT2D eigenvalue weighted by Crippen LogP contribution is 2.35. The Balaban J connectivity index is 1.60. The Labute approximate surface area is 189 Å². The lowest BCUT2D eigenvalue weighted by atomic mass is 10.1. The fourth-order valence-corrected chi connectivity index (χ4v) is 4.33. The van der Waals surface area contributed by atoms with Crippen molar-refractivity contribution in [3.8, 4) is 5.75 Å². The van der Waals surface area contributed by atoms with Crippen molar-refractivity contribution >= 4 is 37.5 Å². The Kier molecular flexibility index (Phi) is 8.55. The second kappa shape index (κ2) is 11.4. The van der Waals surface area contributed by atoms with Crippen molar-refractivity contribution in [2.75, 3.05) is 26.4 Å². The van der Waals surface area contributed by atoms with E-state index >= 15 is 0 Å². The highest BCUT2D eigenvalue weighted by atomic mass is 32.1. The first-order chi connectivity index (χ1) is 15.4. The Hall–Kier alpha value is -2.55. The van der Waals surface area contributed by atoms with Crippen LogP contribution >= 0.6 is 11.3 Å². The number of aliphatic hydroxyl groups excluding tert-OH is 1. The van der Waals surface area contributed by atoms with Crippen molar-refractivity contribution in [3.05, 3.63) is 51.9 Å². The number of aryl methyl sites for hydroxylation is 1. The van der Waals surface area contributed by atoms with Gasteiger partial charge >= 0.3 is 5.97 Å². The largest absolute Gasteiger partial charge is 0.489 e. The third-order valence-electron chi connectivity index (χ3n) is 4.91. The maximum absolute atomic E-state index is 14.8. The van der Waals surface area contributed by atoms with Crippen LogP contribution in [0.25, 0.3) is 20.2 Å². The van der Waals surface area contributed by atoms with Gasteiger partial charge in [0.25, 0.3) is 0 Å². The summed E-state index contributed by atoms with van der Waals surface area (Å²) in [5.41, 5.74) is -0.0597. The van der Waals surface area contributed by atoms with Crippen molar-refractivity contribution in [1.82, 2.24) is 0 Å². The van der Waals surface area contributed by atoms with E-state index in [1.54, 1.807) is 32.0 Å². The molecule has 0 spiro atoms. The molecule has 0 saturated heterocycles. The molecule has 0 aliphatic carbocycles. The predicted octanol–water partition coefficient (Wildman–Crippen LogP) is 4.35. The molecule has 8 heteroatoms. The molecule has 1 N–H and O–H groups in total. The van der Waals surface area contributed by atoms with E-state index in [9.17, 15) is 19.1 Å². The standard InChI is InChI=1S/C24H27FO6S/c1-3-20(27)30-11-7-6-10-29-13-16(26)14-31-18-12-15(2)22(25)21-23(28)17-8-4-5-9-19(17)32-24(18)21/h4-5,8-9,12,16,26H,3,6-7,10-11,13-14H2,1-2H3. The maximum Gasteiger partial charge on any atom is 0.305 e. The lowest BCUT2D eigenvalue weighted by molar-refractivity contribution is -0.143.